The number of hydrogen-bond acceptors (Lipinski definition) is 3. The third kappa shape index (κ3) is 3.24. The van der Waals surface area contributed by atoms with Crippen LogP contribution in [-0.4, -0.2) is 6.61 Å². The number of fused-ring (bicyclic) bond motifs is 1. The van der Waals surface area contributed by atoms with E-state index in [0.29, 0.717) is 0 Å². The fourth-order valence-electron chi connectivity index (χ4n) is 2.69. The smallest absolute Gasteiger partial charge is 0.125 e. The molecule has 0 saturated carbocycles. The lowest BCUT2D eigenvalue weighted by atomic mass is 9.97. The van der Waals surface area contributed by atoms with Crippen LogP contribution in [0.5, 0.6) is 5.75 Å². The van der Waals surface area contributed by atoms with Crippen molar-refractivity contribution in [2.75, 3.05) is 6.61 Å². The normalized spacial score (nSPS) is 14.6. The number of nitrogens with two attached hydrogens (primary N) is 1. The maximum Gasteiger partial charge on any atom is 0.125 e. The van der Waals surface area contributed by atoms with Gasteiger partial charge in [-0.05, 0) is 47.4 Å². The second-order valence-corrected chi connectivity index (χ2v) is 6.48. The lowest BCUT2D eigenvalue weighted by Gasteiger charge is -2.18. The van der Waals surface area contributed by atoms with Gasteiger partial charge in [-0.15, -0.1) is 0 Å². The summed E-state index contributed by atoms with van der Waals surface area (Å²) >= 11 is 9.65. The molecule has 1 unspecified atom stereocenters. The van der Waals surface area contributed by atoms with Gasteiger partial charge in [0.2, 0.25) is 0 Å². The topological polar surface area (TPSA) is 47.3 Å². The van der Waals surface area contributed by atoms with E-state index in [1.165, 1.54) is 5.56 Å². The second kappa shape index (κ2) is 6.36. The van der Waals surface area contributed by atoms with Crippen LogP contribution in [0.15, 0.2) is 40.9 Å². The summed E-state index contributed by atoms with van der Waals surface area (Å²) in [5.41, 5.74) is 6.30. The van der Waals surface area contributed by atoms with E-state index >= 15 is 0 Å². The van der Waals surface area contributed by atoms with E-state index in [-0.39, 0.29) is 6.04 Å². The fourth-order valence-corrected chi connectivity index (χ4v) is 3.21. The van der Waals surface area contributed by atoms with E-state index < -0.39 is 0 Å². The van der Waals surface area contributed by atoms with Gasteiger partial charge in [-0.1, -0.05) is 39.7 Å². The zero-order chi connectivity index (χ0) is 14.8. The largest absolute Gasteiger partial charge is 0.493 e. The van der Waals surface area contributed by atoms with Crippen LogP contribution in [0.4, 0.5) is 0 Å². The summed E-state index contributed by atoms with van der Waals surface area (Å²) < 4.78 is 6.80. The third-order valence-corrected chi connectivity index (χ3v) is 4.47. The average Bonchev–Trinajstić information content (AvgIpc) is 2.94. The van der Waals surface area contributed by atoms with Crippen molar-refractivity contribution < 1.29 is 4.74 Å². The summed E-state index contributed by atoms with van der Waals surface area (Å²) in [6.07, 6.45) is 1.66. The van der Waals surface area contributed by atoms with Gasteiger partial charge in [0.15, 0.2) is 0 Å². The monoisotopic (exact) mass is 366 g/mol. The molecule has 1 aliphatic rings. The molecule has 0 amide bonds. The van der Waals surface area contributed by atoms with Gasteiger partial charge < -0.3 is 4.74 Å². The van der Waals surface area contributed by atoms with Crippen molar-refractivity contribution in [3.05, 3.63) is 62.6 Å². The zero-order valence-electron chi connectivity index (χ0n) is 11.4. The van der Waals surface area contributed by atoms with Crippen LogP contribution in [0.1, 0.15) is 22.7 Å². The highest BCUT2D eigenvalue weighted by atomic mass is 79.9. The SMILES string of the molecule is NNC(Cc1cc(Cl)cc2c1OCC2)c1ccc(Br)cc1. The van der Waals surface area contributed by atoms with Crippen LogP contribution in [0.25, 0.3) is 0 Å². The van der Waals surface area contributed by atoms with Gasteiger partial charge in [-0.3, -0.25) is 11.3 Å². The molecule has 2 aromatic rings. The predicted octanol–water partition coefficient (Wildman–Crippen LogP) is 3.78. The Hall–Kier alpha value is -1.07. The van der Waals surface area contributed by atoms with Crippen molar-refractivity contribution in [2.24, 2.45) is 5.84 Å². The first-order valence-corrected chi connectivity index (χ1v) is 8.00. The first-order valence-electron chi connectivity index (χ1n) is 6.83. The maximum atomic E-state index is 6.21. The van der Waals surface area contributed by atoms with Crippen molar-refractivity contribution in [3.8, 4) is 5.75 Å². The van der Waals surface area contributed by atoms with E-state index in [2.05, 4.69) is 33.5 Å². The standard InChI is InChI=1S/C16H16BrClN2O/c17-13-3-1-10(2-4-13)15(20-19)9-12-8-14(18)7-11-5-6-21-16(11)12/h1-4,7-8,15,20H,5-6,9,19H2. The maximum absolute atomic E-state index is 6.21. The molecule has 3 nitrogen and oxygen atoms in total. The Bertz CT molecular complexity index is 645. The summed E-state index contributed by atoms with van der Waals surface area (Å²) in [4.78, 5) is 0. The van der Waals surface area contributed by atoms with Crippen LogP contribution in [0.2, 0.25) is 5.02 Å². The second-order valence-electron chi connectivity index (χ2n) is 5.13. The summed E-state index contributed by atoms with van der Waals surface area (Å²) in [6, 6.07) is 12.1. The van der Waals surface area contributed by atoms with Crippen molar-refractivity contribution in [3.63, 3.8) is 0 Å². The molecule has 3 N–H and O–H groups in total. The minimum absolute atomic E-state index is 0.0184. The number of rotatable bonds is 4. The van der Waals surface area contributed by atoms with Gasteiger partial charge in [0.25, 0.3) is 0 Å². The van der Waals surface area contributed by atoms with Gasteiger partial charge in [0.05, 0.1) is 12.6 Å². The number of ether oxygens (including phenoxy) is 1. The Balaban J connectivity index is 1.89. The zero-order valence-corrected chi connectivity index (χ0v) is 13.7. The molecule has 0 aromatic heterocycles. The molecule has 5 heteroatoms. The van der Waals surface area contributed by atoms with Crippen molar-refractivity contribution in [1.29, 1.82) is 0 Å². The van der Waals surface area contributed by atoms with Gasteiger partial charge in [0, 0.05) is 15.9 Å². The minimum atomic E-state index is 0.0184. The molecule has 3 rings (SSSR count). The number of hydrazine groups is 1. The van der Waals surface area contributed by atoms with Gasteiger partial charge >= 0.3 is 0 Å². The molecule has 1 aliphatic heterocycles. The average molecular weight is 368 g/mol. The molecule has 0 bridgehead atoms. The fraction of sp³-hybridized carbons (Fsp3) is 0.250. The van der Waals surface area contributed by atoms with Crippen LogP contribution >= 0.6 is 27.5 Å². The number of hydrogen-bond donors (Lipinski definition) is 2. The lowest BCUT2D eigenvalue weighted by molar-refractivity contribution is 0.351. The van der Waals surface area contributed by atoms with E-state index in [4.69, 9.17) is 22.2 Å². The Morgan fingerprint density at radius 3 is 2.76 bits per heavy atom. The first kappa shape index (κ1) is 14.9. The van der Waals surface area contributed by atoms with Crippen LogP contribution in [0, 0.1) is 0 Å². The Kier molecular flexibility index (Phi) is 4.50. The minimum Gasteiger partial charge on any atom is -0.493 e. The number of halogens is 2. The molecule has 21 heavy (non-hydrogen) atoms. The van der Waals surface area contributed by atoms with Gasteiger partial charge in [-0.2, -0.15) is 0 Å². The molecule has 0 aliphatic carbocycles. The highest BCUT2D eigenvalue weighted by Crippen LogP contribution is 2.35. The molecule has 0 saturated heterocycles. The highest BCUT2D eigenvalue weighted by molar-refractivity contribution is 9.10. The third-order valence-electron chi connectivity index (χ3n) is 3.72. The van der Waals surface area contributed by atoms with E-state index in [1.807, 2.05) is 24.3 Å². The Labute approximate surface area is 137 Å². The van der Waals surface area contributed by atoms with E-state index in [1.54, 1.807) is 0 Å². The van der Waals surface area contributed by atoms with Crippen molar-refractivity contribution >= 4 is 27.5 Å². The Morgan fingerprint density at radius 2 is 2.05 bits per heavy atom. The lowest BCUT2D eigenvalue weighted by Crippen LogP contribution is -2.29. The summed E-state index contributed by atoms with van der Waals surface area (Å²) in [5.74, 6) is 6.71. The molecule has 110 valence electrons. The quantitative estimate of drug-likeness (QED) is 0.638. The van der Waals surface area contributed by atoms with Crippen LogP contribution < -0.4 is 16.0 Å². The molecular formula is C16H16BrClN2O. The molecule has 2 aromatic carbocycles. The predicted molar refractivity (Wildman–Crippen MR) is 88.6 cm³/mol. The van der Waals surface area contributed by atoms with Crippen LogP contribution in [-0.2, 0) is 12.8 Å². The summed E-state index contributed by atoms with van der Waals surface area (Å²) in [6.45, 7) is 0.724. The Morgan fingerprint density at radius 1 is 1.29 bits per heavy atom. The molecule has 1 heterocycles. The van der Waals surface area contributed by atoms with Gasteiger partial charge in [0.1, 0.15) is 5.75 Å². The highest BCUT2D eigenvalue weighted by Gasteiger charge is 2.20. The van der Waals surface area contributed by atoms with Gasteiger partial charge in [-0.25, -0.2) is 0 Å². The van der Waals surface area contributed by atoms with Crippen LogP contribution in [0.3, 0.4) is 0 Å². The molecule has 0 radical (unpaired) electrons. The molecular weight excluding hydrogens is 352 g/mol. The summed E-state index contributed by atoms with van der Waals surface area (Å²) in [5, 5.41) is 0.751. The summed E-state index contributed by atoms with van der Waals surface area (Å²) in [7, 11) is 0. The number of benzene rings is 2. The first-order chi connectivity index (χ1) is 10.2. The van der Waals surface area contributed by atoms with Crippen molar-refractivity contribution in [1.82, 2.24) is 5.43 Å². The molecule has 0 fully saturated rings. The molecule has 1 atom stereocenters. The van der Waals surface area contributed by atoms with Crippen molar-refractivity contribution in [2.45, 2.75) is 18.9 Å². The van der Waals surface area contributed by atoms with E-state index in [0.717, 1.165) is 45.8 Å². The van der Waals surface area contributed by atoms with E-state index in [9.17, 15) is 0 Å². The molecule has 0 spiro atoms. The number of nitrogens with one attached hydrogen (secondary N) is 1.